The van der Waals surface area contributed by atoms with Gasteiger partial charge < -0.3 is 11.3 Å². The zero-order chi connectivity index (χ0) is 13.9. The van der Waals surface area contributed by atoms with Crippen molar-refractivity contribution in [3.63, 3.8) is 0 Å². The number of rotatable bonds is 2. The van der Waals surface area contributed by atoms with Gasteiger partial charge in [-0.15, -0.1) is 0 Å². The SMILES string of the molecule is NN=C(NN)c1cccc(C(F)(F)F)c1S(N)=O. The zero-order valence-corrected chi connectivity index (χ0v) is 9.68. The third-order valence-corrected chi connectivity index (χ3v) is 2.88. The molecule has 100 valence electrons. The van der Waals surface area contributed by atoms with Gasteiger partial charge in [-0.2, -0.15) is 18.3 Å². The van der Waals surface area contributed by atoms with E-state index < -0.39 is 27.6 Å². The Hall–Kier alpha value is -1.65. The monoisotopic (exact) mass is 281 g/mol. The molecule has 1 atom stereocenters. The third-order valence-electron chi connectivity index (χ3n) is 2.04. The second-order valence-corrected chi connectivity index (χ2v) is 4.10. The normalized spacial score (nSPS) is 14.4. The van der Waals surface area contributed by atoms with E-state index in [1.165, 1.54) is 6.07 Å². The Kier molecular flexibility index (Phi) is 4.27. The molecule has 10 heteroatoms. The maximum absolute atomic E-state index is 12.7. The summed E-state index contributed by atoms with van der Waals surface area (Å²) in [5.41, 5.74) is 0.711. The van der Waals surface area contributed by atoms with Crippen LogP contribution in [0.3, 0.4) is 0 Å². The number of benzene rings is 1. The molecule has 0 aromatic heterocycles. The van der Waals surface area contributed by atoms with E-state index >= 15 is 0 Å². The lowest BCUT2D eigenvalue weighted by Gasteiger charge is -2.15. The molecule has 1 aromatic rings. The van der Waals surface area contributed by atoms with E-state index in [2.05, 4.69) is 5.10 Å². The first kappa shape index (κ1) is 14.4. The molecule has 1 unspecified atom stereocenters. The molecule has 0 radical (unpaired) electrons. The van der Waals surface area contributed by atoms with E-state index in [0.717, 1.165) is 12.1 Å². The minimum Gasteiger partial charge on any atom is -0.321 e. The minimum atomic E-state index is -4.70. The first-order valence-electron chi connectivity index (χ1n) is 4.44. The Balaban J connectivity index is 3.60. The maximum Gasteiger partial charge on any atom is 0.417 e. The third kappa shape index (κ3) is 2.78. The summed E-state index contributed by atoms with van der Waals surface area (Å²) in [5, 5.41) is 8.23. The van der Waals surface area contributed by atoms with Gasteiger partial charge in [0.1, 0.15) is 11.0 Å². The lowest BCUT2D eigenvalue weighted by atomic mass is 10.1. The largest absolute Gasteiger partial charge is 0.417 e. The van der Waals surface area contributed by atoms with Crippen LogP contribution in [-0.4, -0.2) is 10.0 Å². The van der Waals surface area contributed by atoms with Gasteiger partial charge >= 0.3 is 6.18 Å². The number of hydrogen-bond acceptors (Lipinski definition) is 4. The Bertz CT molecular complexity index is 502. The van der Waals surface area contributed by atoms with Crippen molar-refractivity contribution in [2.45, 2.75) is 11.1 Å². The van der Waals surface area contributed by atoms with Crippen molar-refractivity contribution in [2.24, 2.45) is 21.9 Å². The predicted octanol–water partition coefficient (Wildman–Crippen LogP) is -0.230. The molecule has 0 spiro atoms. The van der Waals surface area contributed by atoms with Gasteiger partial charge in [-0.1, -0.05) is 6.07 Å². The number of hydrazine groups is 1. The minimum absolute atomic E-state index is 0.171. The number of hydrazone groups is 1. The second kappa shape index (κ2) is 5.33. The molecule has 6 nitrogen and oxygen atoms in total. The molecule has 7 N–H and O–H groups in total. The first-order valence-corrected chi connectivity index (χ1v) is 5.65. The highest BCUT2D eigenvalue weighted by Crippen LogP contribution is 2.34. The van der Waals surface area contributed by atoms with Gasteiger partial charge in [-0.25, -0.2) is 15.2 Å². The second-order valence-electron chi connectivity index (χ2n) is 3.10. The number of halogens is 3. The number of amidine groups is 1. The van der Waals surface area contributed by atoms with Crippen LogP contribution in [0.15, 0.2) is 28.2 Å². The van der Waals surface area contributed by atoms with Gasteiger partial charge in [-0.3, -0.25) is 0 Å². The fourth-order valence-corrected chi connectivity index (χ4v) is 2.13. The van der Waals surface area contributed by atoms with E-state index in [1.54, 1.807) is 0 Å². The summed E-state index contributed by atoms with van der Waals surface area (Å²) < 4.78 is 49.5. The highest BCUT2D eigenvalue weighted by atomic mass is 32.2. The molecule has 1 aromatic carbocycles. The zero-order valence-electron chi connectivity index (χ0n) is 8.86. The smallest absolute Gasteiger partial charge is 0.321 e. The average molecular weight is 281 g/mol. The van der Waals surface area contributed by atoms with Crippen LogP contribution < -0.4 is 22.3 Å². The highest BCUT2D eigenvalue weighted by molar-refractivity contribution is 7.82. The number of nitrogens with one attached hydrogen (secondary N) is 1. The summed E-state index contributed by atoms with van der Waals surface area (Å²) in [4.78, 5) is -0.632. The molecular formula is C8H10F3N5OS. The molecule has 0 aliphatic rings. The Morgan fingerprint density at radius 2 is 2.00 bits per heavy atom. The fourth-order valence-electron chi connectivity index (χ4n) is 1.35. The van der Waals surface area contributed by atoms with Gasteiger partial charge in [0.15, 0.2) is 5.84 Å². The average Bonchev–Trinajstić information content (AvgIpc) is 2.29. The lowest BCUT2D eigenvalue weighted by Crippen LogP contribution is -2.34. The Morgan fingerprint density at radius 3 is 2.39 bits per heavy atom. The van der Waals surface area contributed by atoms with Gasteiger partial charge in [0.05, 0.1) is 10.5 Å². The molecule has 1 rings (SSSR count). The number of nitrogens with zero attached hydrogens (tertiary/aromatic N) is 1. The topological polar surface area (TPSA) is 120 Å². The van der Waals surface area contributed by atoms with Gasteiger partial charge in [0, 0.05) is 5.56 Å². The van der Waals surface area contributed by atoms with Crippen molar-refractivity contribution in [3.05, 3.63) is 29.3 Å². The molecule has 0 saturated heterocycles. The van der Waals surface area contributed by atoms with Crippen molar-refractivity contribution >= 4 is 16.8 Å². The van der Waals surface area contributed by atoms with E-state index in [0.29, 0.717) is 0 Å². The van der Waals surface area contributed by atoms with Crippen molar-refractivity contribution < 1.29 is 17.4 Å². The molecule has 0 fully saturated rings. The van der Waals surface area contributed by atoms with E-state index in [1.807, 2.05) is 5.43 Å². The van der Waals surface area contributed by atoms with E-state index in [4.69, 9.17) is 16.8 Å². The summed E-state index contributed by atoms with van der Waals surface area (Å²) in [7, 11) is -2.37. The summed E-state index contributed by atoms with van der Waals surface area (Å²) in [6.45, 7) is 0. The summed E-state index contributed by atoms with van der Waals surface area (Å²) in [5.74, 6) is 9.77. The molecular weight excluding hydrogens is 271 g/mol. The fraction of sp³-hybridized carbons (Fsp3) is 0.125. The molecule has 18 heavy (non-hydrogen) atoms. The van der Waals surface area contributed by atoms with Gasteiger partial charge in [-0.05, 0) is 12.1 Å². The number of alkyl halides is 3. The molecule has 0 heterocycles. The van der Waals surface area contributed by atoms with Crippen LogP contribution in [0.1, 0.15) is 11.1 Å². The molecule has 0 bridgehead atoms. The van der Waals surface area contributed by atoms with Crippen LogP contribution in [-0.2, 0) is 17.2 Å². The molecule has 0 aliphatic heterocycles. The van der Waals surface area contributed by atoms with E-state index in [-0.39, 0.29) is 11.4 Å². The summed E-state index contributed by atoms with van der Waals surface area (Å²) in [6.07, 6.45) is -4.70. The van der Waals surface area contributed by atoms with Gasteiger partial charge in [0.25, 0.3) is 0 Å². The molecule has 0 amide bonds. The molecule has 0 saturated carbocycles. The molecule has 0 aliphatic carbocycles. The van der Waals surface area contributed by atoms with Crippen molar-refractivity contribution in [2.75, 3.05) is 0 Å². The Morgan fingerprint density at radius 1 is 1.39 bits per heavy atom. The predicted molar refractivity (Wildman–Crippen MR) is 60.1 cm³/mol. The first-order chi connectivity index (χ1) is 8.32. The quantitative estimate of drug-likeness (QED) is 0.259. The van der Waals surface area contributed by atoms with Crippen molar-refractivity contribution in [3.8, 4) is 0 Å². The van der Waals surface area contributed by atoms with Crippen LogP contribution >= 0.6 is 0 Å². The van der Waals surface area contributed by atoms with Gasteiger partial charge in [0.2, 0.25) is 0 Å². The standard InChI is InChI=1S/C8H10F3N5OS/c9-8(10,11)5-3-1-2-4(6(5)18(14)17)7(15-12)16-13/h1-3H,12-14H2,(H,15,16). The van der Waals surface area contributed by atoms with Crippen LogP contribution in [0.2, 0.25) is 0 Å². The lowest BCUT2D eigenvalue weighted by molar-refractivity contribution is -0.139. The van der Waals surface area contributed by atoms with E-state index in [9.17, 15) is 17.4 Å². The number of hydrogen-bond donors (Lipinski definition) is 4. The van der Waals surface area contributed by atoms with Crippen molar-refractivity contribution in [1.29, 1.82) is 0 Å². The van der Waals surface area contributed by atoms with Crippen LogP contribution in [0.25, 0.3) is 0 Å². The summed E-state index contributed by atoms with van der Waals surface area (Å²) >= 11 is 0. The number of nitrogens with two attached hydrogens (primary N) is 3. The van der Waals surface area contributed by atoms with Crippen molar-refractivity contribution in [1.82, 2.24) is 5.43 Å². The Labute approximate surface area is 103 Å². The van der Waals surface area contributed by atoms with Crippen LogP contribution in [0.4, 0.5) is 13.2 Å². The summed E-state index contributed by atoms with van der Waals surface area (Å²) in [6, 6.07) is 3.09. The van der Waals surface area contributed by atoms with Crippen LogP contribution in [0, 0.1) is 0 Å². The maximum atomic E-state index is 12.7. The van der Waals surface area contributed by atoms with Crippen LogP contribution in [0.5, 0.6) is 0 Å². The highest BCUT2D eigenvalue weighted by Gasteiger charge is 2.36.